The summed E-state index contributed by atoms with van der Waals surface area (Å²) in [5.41, 5.74) is 1.92. The molecule has 1 aliphatic rings. The van der Waals surface area contributed by atoms with Gasteiger partial charge in [0.05, 0.1) is 17.0 Å². The van der Waals surface area contributed by atoms with Crippen molar-refractivity contribution < 1.29 is 9.32 Å². The molecule has 4 heterocycles. The van der Waals surface area contributed by atoms with Crippen LogP contribution < -0.4 is 0 Å². The number of hydrogen-bond acceptors (Lipinski definition) is 6. The molecule has 0 N–H and O–H groups in total. The number of benzene rings is 1. The van der Waals surface area contributed by atoms with E-state index in [2.05, 4.69) is 45.6 Å². The van der Waals surface area contributed by atoms with Crippen LogP contribution >= 0.6 is 11.3 Å². The summed E-state index contributed by atoms with van der Waals surface area (Å²) in [7, 11) is 0. The lowest BCUT2D eigenvalue weighted by atomic mass is 10.1. The van der Waals surface area contributed by atoms with Gasteiger partial charge in [-0.3, -0.25) is 9.69 Å². The molecule has 32 heavy (non-hydrogen) atoms. The topological polar surface area (TPSA) is 67.4 Å². The van der Waals surface area contributed by atoms with Crippen molar-refractivity contribution in [3.63, 3.8) is 0 Å². The van der Waals surface area contributed by atoms with Crippen LogP contribution in [0.2, 0.25) is 0 Å². The highest BCUT2D eigenvalue weighted by molar-refractivity contribution is 7.13. The number of carbonyl (C=O) groups excluding carboxylic acids is 1. The van der Waals surface area contributed by atoms with Crippen molar-refractivity contribution in [2.75, 3.05) is 26.2 Å². The van der Waals surface area contributed by atoms with E-state index in [1.165, 1.54) is 0 Å². The van der Waals surface area contributed by atoms with E-state index < -0.39 is 0 Å². The van der Waals surface area contributed by atoms with Gasteiger partial charge in [-0.15, -0.1) is 11.3 Å². The molecule has 7 nitrogen and oxygen atoms in total. The van der Waals surface area contributed by atoms with Crippen molar-refractivity contribution in [3.05, 3.63) is 59.4 Å². The molecule has 1 fully saturated rings. The van der Waals surface area contributed by atoms with Crippen LogP contribution in [0.4, 0.5) is 0 Å². The van der Waals surface area contributed by atoms with Crippen LogP contribution in [0.15, 0.2) is 52.5 Å². The predicted octanol–water partition coefficient (Wildman–Crippen LogP) is 4.37. The SMILES string of the molecule is CC(C)Cn1cc(C(=O)N2CCN(Cc3nc(-c4cccs4)no3)CC2)c2ccccc21. The minimum absolute atomic E-state index is 0.112. The molecular formula is C24H27N5O2S. The molecule has 8 heteroatoms. The molecule has 0 saturated carbocycles. The highest BCUT2D eigenvalue weighted by Gasteiger charge is 2.26. The Morgan fingerprint density at radius 1 is 1.12 bits per heavy atom. The Labute approximate surface area is 191 Å². The molecule has 166 valence electrons. The van der Waals surface area contributed by atoms with Crippen molar-refractivity contribution in [2.45, 2.75) is 26.9 Å². The van der Waals surface area contributed by atoms with Gasteiger partial charge in [0.2, 0.25) is 11.7 Å². The first-order valence-electron chi connectivity index (χ1n) is 11.0. The maximum atomic E-state index is 13.4. The van der Waals surface area contributed by atoms with Gasteiger partial charge in [0.1, 0.15) is 0 Å². The lowest BCUT2D eigenvalue weighted by Crippen LogP contribution is -2.48. The summed E-state index contributed by atoms with van der Waals surface area (Å²) in [5, 5.41) is 7.13. The quantitative estimate of drug-likeness (QED) is 0.437. The first kappa shape index (κ1) is 20.9. The van der Waals surface area contributed by atoms with E-state index in [4.69, 9.17) is 4.52 Å². The molecule has 5 rings (SSSR count). The zero-order valence-corrected chi connectivity index (χ0v) is 19.2. The summed E-state index contributed by atoms with van der Waals surface area (Å²) in [6, 6.07) is 12.2. The number of aromatic nitrogens is 3. The van der Waals surface area contributed by atoms with Crippen molar-refractivity contribution in [1.82, 2.24) is 24.5 Å². The fourth-order valence-electron chi connectivity index (χ4n) is 4.26. The number of fused-ring (bicyclic) bond motifs is 1. The minimum Gasteiger partial charge on any atom is -0.346 e. The van der Waals surface area contributed by atoms with E-state index in [0.29, 0.717) is 37.3 Å². The number of hydrogen-bond donors (Lipinski definition) is 0. The smallest absolute Gasteiger partial charge is 0.256 e. The van der Waals surface area contributed by atoms with Gasteiger partial charge >= 0.3 is 0 Å². The van der Waals surface area contributed by atoms with E-state index in [1.54, 1.807) is 11.3 Å². The molecule has 1 amide bonds. The van der Waals surface area contributed by atoms with Crippen LogP contribution in [0, 0.1) is 5.92 Å². The van der Waals surface area contributed by atoms with Gasteiger partial charge in [-0.25, -0.2) is 0 Å². The number of rotatable bonds is 6. The van der Waals surface area contributed by atoms with Crippen LogP contribution in [-0.2, 0) is 13.1 Å². The number of carbonyl (C=O) groups is 1. The van der Waals surface area contributed by atoms with Crippen LogP contribution in [0.3, 0.4) is 0 Å². The minimum atomic E-state index is 0.112. The van der Waals surface area contributed by atoms with Crippen LogP contribution in [0.5, 0.6) is 0 Å². The maximum absolute atomic E-state index is 13.4. The summed E-state index contributed by atoms with van der Waals surface area (Å²) in [6.45, 7) is 8.85. The van der Waals surface area contributed by atoms with Crippen molar-refractivity contribution in [3.8, 4) is 10.7 Å². The third kappa shape index (κ3) is 4.20. The first-order valence-corrected chi connectivity index (χ1v) is 11.9. The molecule has 0 aliphatic carbocycles. The summed E-state index contributed by atoms with van der Waals surface area (Å²) >= 11 is 1.60. The summed E-state index contributed by atoms with van der Waals surface area (Å²) in [5.74, 6) is 1.88. The van der Waals surface area contributed by atoms with Crippen molar-refractivity contribution >= 4 is 28.1 Å². The van der Waals surface area contributed by atoms with Gasteiger partial charge in [-0.2, -0.15) is 4.98 Å². The normalized spacial score (nSPS) is 15.2. The third-order valence-corrected chi connectivity index (χ3v) is 6.67. The van der Waals surface area contributed by atoms with E-state index >= 15 is 0 Å². The molecule has 0 unspecified atom stereocenters. The number of nitrogens with zero attached hydrogens (tertiary/aromatic N) is 5. The van der Waals surface area contributed by atoms with E-state index in [9.17, 15) is 4.79 Å². The van der Waals surface area contributed by atoms with Gasteiger partial charge in [0, 0.05) is 49.8 Å². The van der Waals surface area contributed by atoms with Gasteiger partial charge in [-0.1, -0.05) is 43.3 Å². The molecule has 1 aliphatic heterocycles. The first-order chi connectivity index (χ1) is 15.6. The van der Waals surface area contributed by atoms with Gasteiger partial charge < -0.3 is 14.0 Å². The average Bonchev–Trinajstić information content (AvgIpc) is 3.54. The van der Waals surface area contributed by atoms with Crippen LogP contribution in [-0.4, -0.2) is 56.6 Å². The molecule has 0 radical (unpaired) electrons. The summed E-state index contributed by atoms with van der Waals surface area (Å²) in [6.07, 6.45) is 2.03. The number of piperazine rings is 1. The van der Waals surface area contributed by atoms with E-state index in [-0.39, 0.29) is 5.91 Å². The third-order valence-electron chi connectivity index (χ3n) is 5.81. The Morgan fingerprint density at radius 2 is 1.94 bits per heavy atom. The largest absolute Gasteiger partial charge is 0.346 e. The Bertz CT molecular complexity index is 1200. The number of thiophene rings is 1. The van der Waals surface area contributed by atoms with Crippen LogP contribution in [0.25, 0.3) is 21.6 Å². The molecule has 0 spiro atoms. The fraction of sp³-hybridized carbons (Fsp3) is 0.375. The highest BCUT2D eigenvalue weighted by atomic mass is 32.1. The highest BCUT2D eigenvalue weighted by Crippen LogP contribution is 2.25. The number of para-hydroxylation sites is 1. The average molecular weight is 450 g/mol. The molecule has 4 aromatic rings. The number of amides is 1. The standard InChI is InChI=1S/C24H27N5O2S/c1-17(2)14-29-15-19(18-6-3-4-7-20(18)29)24(30)28-11-9-27(10-12-28)16-22-25-23(26-31-22)21-8-5-13-32-21/h3-8,13,15,17H,9-12,14,16H2,1-2H3. The molecule has 0 atom stereocenters. The second-order valence-electron chi connectivity index (χ2n) is 8.66. The molecule has 1 aromatic carbocycles. The summed E-state index contributed by atoms with van der Waals surface area (Å²) < 4.78 is 7.65. The fourth-order valence-corrected chi connectivity index (χ4v) is 4.91. The Kier molecular flexibility index (Phi) is 5.80. The molecule has 0 bridgehead atoms. The Balaban J connectivity index is 1.24. The van der Waals surface area contributed by atoms with Gasteiger partial charge in [-0.05, 0) is 23.4 Å². The molecule has 1 saturated heterocycles. The predicted molar refractivity (Wildman–Crippen MR) is 126 cm³/mol. The van der Waals surface area contributed by atoms with Gasteiger partial charge in [0.25, 0.3) is 5.91 Å². The Morgan fingerprint density at radius 3 is 2.69 bits per heavy atom. The second-order valence-corrected chi connectivity index (χ2v) is 9.61. The summed E-state index contributed by atoms with van der Waals surface area (Å²) in [4.78, 5) is 23.1. The van der Waals surface area contributed by atoms with Crippen molar-refractivity contribution in [1.29, 1.82) is 0 Å². The molecule has 3 aromatic heterocycles. The zero-order chi connectivity index (χ0) is 22.1. The lowest BCUT2D eigenvalue weighted by molar-refractivity contribution is 0.0616. The Hall–Kier alpha value is -2.97. The van der Waals surface area contributed by atoms with Crippen molar-refractivity contribution in [2.24, 2.45) is 5.92 Å². The van der Waals surface area contributed by atoms with E-state index in [1.807, 2.05) is 40.7 Å². The van der Waals surface area contributed by atoms with E-state index in [0.717, 1.165) is 41.0 Å². The molecular weight excluding hydrogens is 422 g/mol. The lowest BCUT2D eigenvalue weighted by Gasteiger charge is -2.33. The monoisotopic (exact) mass is 449 g/mol. The maximum Gasteiger partial charge on any atom is 0.256 e. The van der Waals surface area contributed by atoms with Crippen LogP contribution in [0.1, 0.15) is 30.1 Å². The second kappa shape index (κ2) is 8.88. The van der Waals surface area contributed by atoms with Gasteiger partial charge in [0.15, 0.2) is 0 Å². The zero-order valence-electron chi connectivity index (χ0n) is 18.4.